The van der Waals surface area contributed by atoms with Gasteiger partial charge in [0.15, 0.2) is 16.6 Å². The molecule has 1 aliphatic rings. The number of fused-ring (bicyclic) bond motifs is 1. The molecule has 6 nitrogen and oxygen atoms in total. The van der Waals surface area contributed by atoms with Crippen LogP contribution in [0.3, 0.4) is 0 Å². The third-order valence-electron chi connectivity index (χ3n) is 3.38. The zero-order chi connectivity index (χ0) is 16.5. The number of ether oxygens (including phenoxy) is 2. The number of carbonyl (C=O) groups excluding carboxylic acids is 1. The number of nitrogens with one attached hydrogen (secondary N) is 1. The first kappa shape index (κ1) is 14.9. The molecule has 0 fully saturated rings. The van der Waals surface area contributed by atoms with Gasteiger partial charge in [-0.15, -0.1) is 11.3 Å². The van der Waals surface area contributed by atoms with Crippen molar-refractivity contribution in [3.63, 3.8) is 0 Å². The first-order valence-electron chi connectivity index (χ1n) is 6.97. The summed E-state index contributed by atoms with van der Waals surface area (Å²) >= 11 is 7.14. The molecule has 1 amide bonds. The maximum atomic E-state index is 12.2. The highest BCUT2D eigenvalue weighted by Gasteiger charge is 2.16. The van der Waals surface area contributed by atoms with Crippen LogP contribution in [0.2, 0.25) is 5.15 Å². The molecule has 8 heteroatoms. The van der Waals surface area contributed by atoms with Crippen LogP contribution in [0.1, 0.15) is 10.4 Å². The largest absolute Gasteiger partial charge is 0.454 e. The van der Waals surface area contributed by atoms with E-state index in [2.05, 4.69) is 15.3 Å². The van der Waals surface area contributed by atoms with Gasteiger partial charge >= 0.3 is 0 Å². The van der Waals surface area contributed by atoms with Gasteiger partial charge in [-0.05, 0) is 30.3 Å². The summed E-state index contributed by atoms with van der Waals surface area (Å²) < 4.78 is 10.7. The van der Waals surface area contributed by atoms with Crippen molar-refractivity contribution >= 4 is 34.0 Å². The van der Waals surface area contributed by atoms with Gasteiger partial charge in [0.25, 0.3) is 5.91 Å². The monoisotopic (exact) mass is 359 g/mol. The second-order valence-electron chi connectivity index (χ2n) is 4.93. The Labute approximate surface area is 146 Å². The Kier molecular flexibility index (Phi) is 3.79. The van der Waals surface area contributed by atoms with Crippen LogP contribution in [-0.2, 0) is 0 Å². The van der Waals surface area contributed by atoms with Crippen LogP contribution in [0, 0.1) is 0 Å². The van der Waals surface area contributed by atoms with E-state index >= 15 is 0 Å². The summed E-state index contributed by atoms with van der Waals surface area (Å²) in [5.74, 6) is 1.13. The van der Waals surface area contributed by atoms with Crippen LogP contribution >= 0.6 is 22.9 Å². The van der Waals surface area contributed by atoms with Crippen LogP contribution in [0.5, 0.6) is 11.5 Å². The SMILES string of the molecule is O=C(Nc1nc(-c2ccc3c(c2)OCO3)cs1)c1ccnc(Cl)c1. The minimum Gasteiger partial charge on any atom is -0.454 e. The average Bonchev–Trinajstić information content (AvgIpc) is 3.23. The van der Waals surface area contributed by atoms with Crippen LogP contribution < -0.4 is 14.8 Å². The number of hydrogen-bond acceptors (Lipinski definition) is 6. The van der Waals surface area contributed by atoms with Crippen LogP contribution in [0.15, 0.2) is 41.9 Å². The molecule has 0 saturated carbocycles. The molecule has 4 rings (SSSR count). The molecule has 2 aromatic heterocycles. The minimum absolute atomic E-state index is 0.228. The fourth-order valence-corrected chi connectivity index (χ4v) is 3.12. The van der Waals surface area contributed by atoms with Crippen molar-refractivity contribution in [3.05, 3.63) is 52.6 Å². The number of rotatable bonds is 3. The Balaban J connectivity index is 1.53. The van der Waals surface area contributed by atoms with Gasteiger partial charge in [-0.2, -0.15) is 0 Å². The molecule has 1 aromatic carbocycles. The molecular formula is C16H10ClN3O3S. The summed E-state index contributed by atoms with van der Waals surface area (Å²) in [5.41, 5.74) is 2.07. The number of amides is 1. The fraction of sp³-hybridized carbons (Fsp3) is 0.0625. The Bertz CT molecular complexity index is 928. The van der Waals surface area contributed by atoms with E-state index in [4.69, 9.17) is 21.1 Å². The topological polar surface area (TPSA) is 73.3 Å². The van der Waals surface area contributed by atoms with Crippen molar-refractivity contribution in [2.45, 2.75) is 0 Å². The van der Waals surface area contributed by atoms with Crippen LogP contribution in [0.4, 0.5) is 5.13 Å². The molecule has 0 radical (unpaired) electrons. The zero-order valence-corrected chi connectivity index (χ0v) is 13.7. The van der Waals surface area contributed by atoms with E-state index < -0.39 is 0 Å². The lowest BCUT2D eigenvalue weighted by atomic mass is 10.1. The van der Waals surface area contributed by atoms with Crippen molar-refractivity contribution in [2.75, 3.05) is 12.1 Å². The fourth-order valence-electron chi connectivity index (χ4n) is 2.23. The van der Waals surface area contributed by atoms with E-state index in [0.29, 0.717) is 16.4 Å². The third-order valence-corrected chi connectivity index (χ3v) is 4.35. The van der Waals surface area contributed by atoms with Crippen molar-refractivity contribution in [3.8, 4) is 22.8 Å². The number of halogens is 1. The zero-order valence-electron chi connectivity index (χ0n) is 12.2. The standard InChI is InChI=1S/C16H10ClN3O3S/c17-14-6-10(3-4-18-14)15(21)20-16-19-11(7-24-16)9-1-2-12-13(5-9)23-8-22-12/h1-7H,8H2,(H,19,20,21). The maximum absolute atomic E-state index is 12.2. The Hall–Kier alpha value is -2.64. The molecule has 1 N–H and O–H groups in total. The number of carbonyl (C=O) groups is 1. The third kappa shape index (κ3) is 2.91. The molecule has 120 valence electrons. The first-order chi connectivity index (χ1) is 11.7. The maximum Gasteiger partial charge on any atom is 0.257 e. The molecular weight excluding hydrogens is 350 g/mol. The number of pyridine rings is 1. The van der Waals surface area contributed by atoms with Gasteiger partial charge in [-0.1, -0.05) is 11.6 Å². The van der Waals surface area contributed by atoms with Gasteiger partial charge in [0.2, 0.25) is 6.79 Å². The van der Waals surface area contributed by atoms with E-state index in [1.165, 1.54) is 23.6 Å². The molecule has 3 heterocycles. The van der Waals surface area contributed by atoms with Gasteiger partial charge in [-0.3, -0.25) is 10.1 Å². The Morgan fingerprint density at radius 2 is 2.08 bits per heavy atom. The molecule has 0 aliphatic carbocycles. The molecule has 0 spiro atoms. The first-order valence-corrected chi connectivity index (χ1v) is 8.23. The molecule has 1 aliphatic heterocycles. The number of thiazole rings is 1. The van der Waals surface area contributed by atoms with Crippen LogP contribution in [-0.4, -0.2) is 22.7 Å². The molecule has 0 saturated heterocycles. The van der Waals surface area contributed by atoms with Crippen molar-refractivity contribution in [1.82, 2.24) is 9.97 Å². The predicted octanol–water partition coefficient (Wildman–Crippen LogP) is 3.84. The van der Waals surface area contributed by atoms with Crippen molar-refractivity contribution < 1.29 is 14.3 Å². The highest BCUT2D eigenvalue weighted by molar-refractivity contribution is 7.14. The average molecular weight is 360 g/mol. The Morgan fingerprint density at radius 3 is 2.96 bits per heavy atom. The van der Waals surface area contributed by atoms with Crippen molar-refractivity contribution in [2.24, 2.45) is 0 Å². The van der Waals surface area contributed by atoms with Gasteiger partial charge < -0.3 is 9.47 Å². The van der Waals surface area contributed by atoms with Gasteiger partial charge in [0.05, 0.1) is 5.69 Å². The van der Waals surface area contributed by atoms with Crippen molar-refractivity contribution in [1.29, 1.82) is 0 Å². The molecule has 0 bridgehead atoms. The van der Waals surface area contributed by atoms with E-state index in [1.807, 2.05) is 23.6 Å². The summed E-state index contributed by atoms with van der Waals surface area (Å²) in [6.45, 7) is 0.228. The van der Waals surface area contributed by atoms with E-state index in [1.54, 1.807) is 6.07 Å². The summed E-state index contributed by atoms with van der Waals surface area (Å²) in [4.78, 5) is 20.5. The summed E-state index contributed by atoms with van der Waals surface area (Å²) in [6.07, 6.45) is 1.48. The summed E-state index contributed by atoms with van der Waals surface area (Å²) in [5, 5.41) is 5.39. The lowest BCUT2D eigenvalue weighted by molar-refractivity contribution is 0.102. The molecule has 24 heavy (non-hydrogen) atoms. The van der Waals surface area contributed by atoms with Gasteiger partial charge in [-0.25, -0.2) is 9.97 Å². The van der Waals surface area contributed by atoms with Gasteiger partial charge in [0.1, 0.15) is 5.15 Å². The Morgan fingerprint density at radius 1 is 1.21 bits per heavy atom. The normalized spacial score (nSPS) is 12.2. The lowest BCUT2D eigenvalue weighted by Gasteiger charge is -2.02. The lowest BCUT2D eigenvalue weighted by Crippen LogP contribution is -2.11. The molecule has 0 atom stereocenters. The minimum atomic E-state index is -0.286. The highest BCUT2D eigenvalue weighted by Crippen LogP contribution is 2.36. The summed E-state index contributed by atoms with van der Waals surface area (Å²) in [6, 6.07) is 8.70. The second-order valence-corrected chi connectivity index (χ2v) is 6.17. The quantitative estimate of drug-likeness (QED) is 0.719. The smallest absolute Gasteiger partial charge is 0.257 e. The number of aromatic nitrogens is 2. The molecule has 0 unspecified atom stereocenters. The van der Waals surface area contributed by atoms with E-state index in [-0.39, 0.29) is 17.9 Å². The van der Waals surface area contributed by atoms with E-state index in [9.17, 15) is 4.79 Å². The summed E-state index contributed by atoms with van der Waals surface area (Å²) in [7, 11) is 0. The van der Waals surface area contributed by atoms with Crippen LogP contribution in [0.25, 0.3) is 11.3 Å². The number of anilines is 1. The van der Waals surface area contributed by atoms with Gasteiger partial charge in [0, 0.05) is 22.7 Å². The highest BCUT2D eigenvalue weighted by atomic mass is 35.5. The molecule has 3 aromatic rings. The number of hydrogen-bond donors (Lipinski definition) is 1. The number of benzene rings is 1. The predicted molar refractivity (Wildman–Crippen MR) is 90.9 cm³/mol. The number of nitrogens with zero attached hydrogens (tertiary/aromatic N) is 2. The second kappa shape index (κ2) is 6.10. The van der Waals surface area contributed by atoms with E-state index in [0.717, 1.165) is 17.0 Å².